The van der Waals surface area contributed by atoms with Gasteiger partial charge in [0.1, 0.15) is 11.0 Å². The van der Waals surface area contributed by atoms with Gasteiger partial charge in [0.2, 0.25) is 0 Å². The summed E-state index contributed by atoms with van der Waals surface area (Å²) in [4.78, 5) is 0. The van der Waals surface area contributed by atoms with Gasteiger partial charge in [-0.2, -0.15) is 8.75 Å². The van der Waals surface area contributed by atoms with Crippen molar-refractivity contribution in [2.75, 3.05) is 5.32 Å². The second-order valence-electron chi connectivity index (χ2n) is 4.45. The van der Waals surface area contributed by atoms with Crippen LogP contribution in [0.5, 0.6) is 0 Å². The molecule has 0 radical (unpaired) electrons. The van der Waals surface area contributed by atoms with Crippen molar-refractivity contribution >= 4 is 51.7 Å². The van der Waals surface area contributed by atoms with Crippen molar-refractivity contribution in [3.05, 3.63) is 16.1 Å². The van der Waals surface area contributed by atoms with Crippen LogP contribution in [0.15, 0.2) is 6.07 Å². The van der Waals surface area contributed by atoms with Gasteiger partial charge in [0, 0.05) is 6.04 Å². The number of halogens is 2. The summed E-state index contributed by atoms with van der Waals surface area (Å²) >= 11 is 13.5. The molecular formula is C11H11Cl2N3S. The molecule has 90 valence electrons. The average molecular weight is 288 g/mol. The summed E-state index contributed by atoms with van der Waals surface area (Å²) in [5.41, 5.74) is 2.37. The van der Waals surface area contributed by atoms with E-state index in [1.807, 2.05) is 0 Å². The van der Waals surface area contributed by atoms with Gasteiger partial charge in [0.05, 0.1) is 27.5 Å². The Balaban J connectivity index is 2.04. The summed E-state index contributed by atoms with van der Waals surface area (Å²) in [6.07, 6.45) is 2.58. The van der Waals surface area contributed by atoms with Gasteiger partial charge in [-0.15, -0.1) is 0 Å². The highest BCUT2D eigenvalue weighted by molar-refractivity contribution is 7.00. The molecule has 0 bridgehead atoms. The van der Waals surface area contributed by atoms with Crippen LogP contribution in [0, 0.1) is 5.92 Å². The van der Waals surface area contributed by atoms with E-state index in [2.05, 4.69) is 21.0 Å². The van der Waals surface area contributed by atoms with Crippen LogP contribution in [-0.2, 0) is 0 Å². The summed E-state index contributed by atoms with van der Waals surface area (Å²) in [6, 6.07) is 2.15. The second kappa shape index (κ2) is 4.26. The Morgan fingerprint density at radius 1 is 1.29 bits per heavy atom. The Morgan fingerprint density at radius 3 is 2.71 bits per heavy atom. The molecule has 0 amide bonds. The van der Waals surface area contributed by atoms with E-state index in [0.717, 1.165) is 34.4 Å². The van der Waals surface area contributed by atoms with Crippen LogP contribution in [0.3, 0.4) is 0 Å². The van der Waals surface area contributed by atoms with E-state index < -0.39 is 0 Å². The number of hydrogen-bond acceptors (Lipinski definition) is 4. The lowest BCUT2D eigenvalue weighted by molar-refractivity contribution is 0.695. The molecule has 1 fully saturated rings. The highest BCUT2D eigenvalue weighted by atomic mass is 35.5. The summed E-state index contributed by atoms with van der Waals surface area (Å²) in [6.45, 7) is 2.17. The fourth-order valence-electron chi connectivity index (χ4n) is 1.95. The first-order chi connectivity index (χ1) is 8.16. The molecule has 0 spiro atoms. The maximum absolute atomic E-state index is 6.22. The van der Waals surface area contributed by atoms with Gasteiger partial charge in [0.25, 0.3) is 0 Å². The first-order valence-corrected chi connectivity index (χ1v) is 7.02. The molecule has 1 aromatic heterocycles. The van der Waals surface area contributed by atoms with E-state index in [-0.39, 0.29) is 0 Å². The molecule has 1 saturated carbocycles. The highest BCUT2D eigenvalue weighted by Crippen LogP contribution is 2.39. The van der Waals surface area contributed by atoms with Crippen LogP contribution < -0.4 is 5.32 Å². The standard InChI is InChI=1S/C11H11Cl2N3S/c1-5(6-2-3-6)14-9-7(12)4-8(13)10-11(9)16-17-15-10/h4-6,14H,2-3H2,1H3. The Morgan fingerprint density at radius 2 is 2.00 bits per heavy atom. The largest absolute Gasteiger partial charge is 0.379 e. The normalized spacial score (nSPS) is 17.4. The minimum atomic E-state index is 0.415. The monoisotopic (exact) mass is 287 g/mol. The fraction of sp³-hybridized carbons (Fsp3) is 0.455. The zero-order valence-corrected chi connectivity index (χ0v) is 11.5. The number of anilines is 1. The molecule has 1 atom stereocenters. The van der Waals surface area contributed by atoms with Crippen molar-refractivity contribution in [1.82, 2.24) is 8.75 Å². The number of hydrogen-bond donors (Lipinski definition) is 1. The van der Waals surface area contributed by atoms with Crippen molar-refractivity contribution < 1.29 is 0 Å². The van der Waals surface area contributed by atoms with Crippen LogP contribution in [0.2, 0.25) is 10.0 Å². The van der Waals surface area contributed by atoms with Gasteiger partial charge in [-0.05, 0) is 31.7 Å². The number of rotatable bonds is 3. The molecule has 1 N–H and O–H groups in total. The van der Waals surface area contributed by atoms with Crippen LogP contribution in [0.1, 0.15) is 19.8 Å². The van der Waals surface area contributed by atoms with E-state index in [1.165, 1.54) is 12.8 Å². The second-order valence-corrected chi connectivity index (χ2v) is 5.79. The van der Waals surface area contributed by atoms with Crippen LogP contribution in [-0.4, -0.2) is 14.8 Å². The summed E-state index contributed by atoms with van der Waals surface area (Å²) in [7, 11) is 0. The van der Waals surface area contributed by atoms with Gasteiger partial charge >= 0.3 is 0 Å². The van der Waals surface area contributed by atoms with Gasteiger partial charge in [-0.1, -0.05) is 23.2 Å². The van der Waals surface area contributed by atoms with Crippen molar-refractivity contribution in [2.24, 2.45) is 5.92 Å². The molecule has 0 saturated heterocycles. The smallest absolute Gasteiger partial charge is 0.130 e. The first kappa shape index (κ1) is 11.5. The number of nitrogens with zero attached hydrogens (tertiary/aromatic N) is 2. The molecule has 17 heavy (non-hydrogen) atoms. The molecule has 1 heterocycles. The van der Waals surface area contributed by atoms with E-state index in [9.17, 15) is 0 Å². The zero-order chi connectivity index (χ0) is 12.0. The molecule has 2 aromatic rings. The molecule has 6 heteroatoms. The SMILES string of the molecule is CC(Nc1c(Cl)cc(Cl)c2nsnc12)C1CC1. The van der Waals surface area contributed by atoms with Crippen molar-refractivity contribution in [1.29, 1.82) is 0 Å². The summed E-state index contributed by atoms with van der Waals surface area (Å²) in [5.74, 6) is 0.753. The van der Waals surface area contributed by atoms with Gasteiger partial charge in [0.15, 0.2) is 0 Å². The van der Waals surface area contributed by atoms with E-state index >= 15 is 0 Å². The highest BCUT2D eigenvalue weighted by Gasteiger charge is 2.29. The van der Waals surface area contributed by atoms with E-state index in [0.29, 0.717) is 16.1 Å². The molecule has 1 aliphatic rings. The molecule has 3 rings (SSSR count). The third-order valence-electron chi connectivity index (χ3n) is 3.14. The number of benzene rings is 1. The average Bonchev–Trinajstić information content (AvgIpc) is 3.02. The predicted octanol–water partition coefficient (Wildman–Crippen LogP) is 4.21. The summed E-state index contributed by atoms with van der Waals surface area (Å²) < 4.78 is 8.46. The molecule has 0 aliphatic heterocycles. The Labute approximate surface area is 113 Å². The molecular weight excluding hydrogens is 277 g/mol. The lowest BCUT2D eigenvalue weighted by Gasteiger charge is -2.16. The topological polar surface area (TPSA) is 37.8 Å². The number of fused-ring (bicyclic) bond motifs is 1. The third kappa shape index (κ3) is 2.09. The van der Waals surface area contributed by atoms with Gasteiger partial charge < -0.3 is 5.32 Å². The minimum Gasteiger partial charge on any atom is -0.379 e. The lowest BCUT2D eigenvalue weighted by atomic mass is 10.2. The molecule has 1 unspecified atom stereocenters. The lowest BCUT2D eigenvalue weighted by Crippen LogP contribution is -2.17. The predicted molar refractivity (Wildman–Crippen MR) is 73.2 cm³/mol. The van der Waals surface area contributed by atoms with E-state index in [1.54, 1.807) is 6.07 Å². The third-order valence-corrected chi connectivity index (χ3v) is 4.26. The maximum Gasteiger partial charge on any atom is 0.130 e. The molecule has 1 aromatic carbocycles. The van der Waals surface area contributed by atoms with Crippen LogP contribution >= 0.6 is 34.9 Å². The Bertz CT molecular complexity index is 565. The van der Waals surface area contributed by atoms with E-state index in [4.69, 9.17) is 23.2 Å². The quantitative estimate of drug-likeness (QED) is 0.919. The van der Waals surface area contributed by atoms with Gasteiger partial charge in [-0.25, -0.2) is 0 Å². The Kier molecular flexibility index (Phi) is 2.89. The Hall–Kier alpha value is -0.580. The van der Waals surface area contributed by atoms with Crippen molar-refractivity contribution in [2.45, 2.75) is 25.8 Å². The maximum atomic E-state index is 6.22. The van der Waals surface area contributed by atoms with Crippen LogP contribution in [0.4, 0.5) is 5.69 Å². The van der Waals surface area contributed by atoms with Crippen molar-refractivity contribution in [3.63, 3.8) is 0 Å². The van der Waals surface area contributed by atoms with Gasteiger partial charge in [-0.3, -0.25) is 0 Å². The summed E-state index contributed by atoms with van der Waals surface area (Å²) in [5, 5.41) is 4.61. The minimum absolute atomic E-state index is 0.415. The van der Waals surface area contributed by atoms with Crippen LogP contribution in [0.25, 0.3) is 11.0 Å². The number of nitrogens with one attached hydrogen (secondary N) is 1. The zero-order valence-electron chi connectivity index (χ0n) is 9.20. The first-order valence-electron chi connectivity index (χ1n) is 5.53. The fourth-order valence-corrected chi connectivity index (χ4v) is 3.12. The molecule has 1 aliphatic carbocycles. The molecule has 3 nitrogen and oxygen atoms in total. The number of aromatic nitrogens is 2. The van der Waals surface area contributed by atoms with Crippen molar-refractivity contribution in [3.8, 4) is 0 Å².